The van der Waals surface area contributed by atoms with Gasteiger partial charge in [0.1, 0.15) is 0 Å². The van der Waals surface area contributed by atoms with Crippen molar-refractivity contribution in [3.8, 4) is 0 Å². The summed E-state index contributed by atoms with van der Waals surface area (Å²) in [6, 6.07) is 9.44. The van der Waals surface area contributed by atoms with Crippen molar-refractivity contribution in [2.75, 3.05) is 10.6 Å². The molecular formula is C19H22ClN3O. The van der Waals surface area contributed by atoms with Crippen molar-refractivity contribution in [1.82, 2.24) is 4.98 Å². The highest BCUT2D eigenvalue weighted by atomic mass is 35.5. The van der Waals surface area contributed by atoms with Crippen LogP contribution in [0.4, 0.5) is 11.4 Å². The van der Waals surface area contributed by atoms with Gasteiger partial charge in [0.15, 0.2) is 0 Å². The molecule has 4 nitrogen and oxygen atoms in total. The smallest absolute Gasteiger partial charge is 0.257 e. The summed E-state index contributed by atoms with van der Waals surface area (Å²) in [5.74, 6) is -0.186. The van der Waals surface area contributed by atoms with Gasteiger partial charge < -0.3 is 10.6 Å². The largest absolute Gasteiger partial charge is 0.381 e. The molecule has 1 aromatic carbocycles. The zero-order valence-electron chi connectivity index (χ0n) is 13.6. The predicted octanol–water partition coefficient (Wildman–Crippen LogP) is 5.12. The van der Waals surface area contributed by atoms with E-state index in [4.69, 9.17) is 11.6 Å². The van der Waals surface area contributed by atoms with Crippen LogP contribution in [0.15, 0.2) is 42.7 Å². The summed E-state index contributed by atoms with van der Waals surface area (Å²) < 4.78 is 0. The topological polar surface area (TPSA) is 54.0 Å². The Hall–Kier alpha value is -2.07. The number of aromatic nitrogens is 1. The Morgan fingerprint density at radius 1 is 1.04 bits per heavy atom. The van der Waals surface area contributed by atoms with Gasteiger partial charge in [0.05, 0.1) is 11.3 Å². The molecule has 0 radical (unpaired) electrons. The second kappa shape index (κ2) is 8.15. The number of anilines is 2. The first-order valence-electron chi connectivity index (χ1n) is 8.49. The molecule has 0 spiro atoms. The van der Waals surface area contributed by atoms with Gasteiger partial charge in [-0.1, -0.05) is 43.4 Å². The van der Waals surface area contributed by atoms with Crippen molar-refractivity contribution in [3.63, 3.8) is 0 Å². The predicted molar refractivity (Wildman–Crippen MR) is 98.8 cm³/mol. The van der Waals surface area contributed by atoms with Crippen LogP contribution in [0.1, 0.15) is 48.9 Å². The number of carbonyl (C=O) groups excluding carboxylic acids is 1. The Labute approximate surface area is 147 Å². The van der Waals surface area contributed by atoms with Gasteiger partial charge in [0, 0.05) is 29.1 Å². The summed E-state index contributed by atoms with van der Waals surface area (Å²) >= 11 is 5.95. The van der Waals surface area contributed by atoms with E-state index in [9.17, 15) is 4.79 Å². The highest BCUT2D eigenvalue weighted by molar-refractivity contribution is 6.30. The third-order valence-corrected chi connectivity index (χ3v) is 4.54. The number of nitrogens with one attached hydrogen (secondary N) is 2. The molecule has 1 heterocycles. The minimum absolute atomic E-state index is 0.186. The minimum atomic E-state index is -0.186. The van der Waals surface area contributed by atoms with Gasteiger partial charge in [-0.25, -0.2) is 0 Å². The van der Waals surface area contributed by atoms with Crippen molar-refractivity contribution < 1.29 is 4.79 Å². The number of halogens is 1. The highest BCUT2D eigenvalue weighted by Crippen LogP contribution is 2.22. The van der Waals surface area contributed by atoms with Gasteiger partial charge in [0.2, 0.25) is 0 Å². The lowest BCUT2D eigenvalue weighted by molar-refractivity contribution is 0.102. The standard InChI is InChI=1S/C19H22ClN3O/c20-15-6-5-9-17(11-15)23-19(24)14-10-18(13-21-12-14)22-16-7-3-1-2-4-8-16/h5-6,9-13,16,22H,1-4,7-8H2,(H,23,24). The second-order valence-electron chi connectivity index (χ2n) is 6.26. The third-order valence-electron chi connectivity index (χ3n) is 4.31. The normalized spacial score (nSPS) is 15.5. The average molecular weight is 344 g/mol. The lowest BCUT2D eigenvalue weighted by Gasteiger charge is -2.17. The molecule has 0 unspecified atom stereocenters. The molecule has 0 saturated heterocycles. The minimum Gasteiger partial charge on any atom is -0.381 e. The van der Waals surface area contributed by atoms with E-state index in [-0.39, 0.29) is 5.91 Å². The molecule has 2 aromatic rings. The van der Waals surface area contributed by atoms with Crippen LogP contribution < -0.4 is 10.6 Å². The molecule has 2 N–H and O–H groups in total. The van der Waals surface area contributed by atoms with Crippen LogP contribution in [0.2, 0.25) is 5.02 Å². The molecule has 126 valence electrons. The fraction of sp³-hybridized carbons (Fsp3) is 0.368. The lowest BCUT2D eigenvalue weighted by Crippen LogP contribution is -2.19. The summed E-state index contributed by atoms with van der Waals surface area (Å²) in [6.45, 7) is 0. The Morgan fingerprint density at radius 2 is 1.83 bits per heavy atom. The summed E-state index contributed by atoms with van der Waals surface area (Å²) in [6.07, 6.45) is 10.9. The molecule has 0 aliphatic heterocycles. The number of hydrogen-bond donors (Lipinski definition) is 2. The molecule has 3 rings (SSSR count). The Balaban J connectivity index is 1.66. The highest BCUT2D eigenvalue weighted by Gasteiger charge is 2.13. The molecule has 1 aromatic heterocycles. The number of rotatable bonds is 4. The van der Waals surface area contributed by atoms with Crippen LogP contribution >= 0.6 is 11.6 Å². The van der Waals surface area contributed by atoms with Crippen molar-refractivity contribution in [3.05, 3.63) is 53.3 Å². The summed E-state index contributed by atoms with van der Waals surface area (Å²) in [5, 5.41) is 6.97. The van der Waals surface area contributed by atoms with Gasteiger partial charge in [0.25, 0.3) is 5.91 Å². The van der Waals surface area contributed by atoms with Crippen LogP contribution in [-0.4, -0.2) is 16.9 Å². The van der Waals surface area contributed by atoms with E-state index in [1.54, 1.807) is 30.6 Å². The fourth-order valence-corrected chi connectivity index (χ4v) is 3.26. The van der Waals surface area contributed by atoms with Gasteiger partial charge in [-0.15, -0.1) is 0 Å². The first-order chi connectivity index (χ1) is 11.7. The van der Waals surface area contributed by atoms with E-state index in [2.05, 4.69) is 15.6 Å². The van der Waals surface area contributed by atoms with E-state index in [0.29, 0.717) is 22.3 Å². The quantitative estimate of drug-likeness (QED) is 0.757. The molecular weight excluding hydrogens is 322 g/mol. The molecule has 0 bridgehead atoms. The number of nitrogens with zero attached hydrogens (tertiary/aromatic N) is 1. The van der Waals surface area contributed by atoms with E-state index >= 15 is 0 Å². The molecule has 1 aliphatic carbocycles. The van der Waals surface area contributed by atoms with Crippen molar-refractivity contribution in [2.45, 2.75) is 44.6 Å². The number of amides is 1. The van der Waals surface area contributed by atoms with Crippen LogP contribution in [0.25, 0.3) is 0 Å². The zero-order valence-corrected chi connectivity index (χ0v) is 14.4. The Morgan fingerprint density at radius 3 is 2.58 bits per heavy atom. The molecule has 24 heavy (non-hydrogen) atoms. The number of pyridine rings is 1. The maximum Gasteiger partial charge on any atom is 0.257 e. The summed E-state index contributed by atoms with van der Waals surface area (Å²) in [5.41, 5.74) is 2.11. The Bertz CT molecular complexity index is 697. The van der Waals surface area contributed by atoms with E-state index in [0.717, 1.165) is 5.69 Å². The third kappa shape index (κ3) is 4.71. The molecule has 1 saturated carbocycles. The summed E-state index contributed by atoms with van der Waals surface area (Å²) in [7, 11) is 0. The Kier molecular flexibility index (Phi) is 5.70. The van der Waals surface area contributed by atoms with Crippen LogP contribution in [-0.2, 0) is 0 Å². The van der Waals surface area contributed by atoms with Crippen LogP contribution in [0.5, 0.6) is 0 Å². The molecule has 1 aliphatic rings. The van der Waals surface area contributed by atoms with Gasteiger partial charge >= 0.3 is 0 Å². The monoisotopic (exact) mass is 343 g/mol. The second-order valence-corrected chi connectivity index (χ2v) is 6.70. The molecule has 5 heteroatoms. The van der Waals surface area contributed by atoms with E-state index in [1.807, 2.05) is 12.1 Å². The number of benzene rings is 1. The SMILES string of the molecule is O=C(Nc1cccc(Cl)c1)c1cncc(NC2CCCCCC2)c1. The fourth-order valence-electron chi connectivity index (χ4n) is 3.07. The number of hydrogen-bond acceptors (Lipinski definition) is 3. The van der Waals surface area contributed by atoms with Gasteiger partial charge in [-0.05, 0) is 37.1 Å². The van der Waals surface area contributed by atoms with Crippen LogP contribution in [0, 0.1) is 0 Å². The first-order valence-corrected chi connectivity index (χ1v) is 8.87. The van der Waals surface area contributed by atoms with Gasteiger partial charge in [-0.3, -0.25) is 9.78 Å². The van der Waals surface area contributed by atoms with Gasteiger partial charge in [-0.2, -0.15) is 0 Å². The van der Waals surface area contributed by atoms with Crippen molar-refractivity contribution in [2.24, 2.45) is 0 Å². The average Bonchev–Trinajstić information content (AvgIpc) is 2.84. The lowest BCUT2D eigenvalue weighted by atomic mass is 10.1. The van der Waals surface area contributed by atoms with Crippen LogP contribution in [0.3, 0.4) is 0 Å². The first kappa shape index (κ1) is 16.8. The number of carbonyl (C=O) groups is 1. The summed E-state index contributed by atoms with van der Waals surface area (Å²) in [4.78, 5) is 16.6. The molecule has 0 atom stereocenters. The van der Waals surface area contributed by atoms with Crippen molar-refractivity contribution >= 4 is 28.9 Å². The van der Waals surface area contributed by atoms with E-state index in [1.165, 1.54) is 38.5 Å². The maximum absolute atomic E-state index is 12.4. The maximum atomic E-state index is 12.4. The zero-order chi connectivity index (χ0) is 16.8. The van der Waals surface area contributed by atoms with E-state index < -0.39 is 0 Å². The molecule has 1 amide bonds. The molecule has 1 fully saturated rings. The van der Waals surface area contributed by atoms with Crippen molar-refractivity contribution in [1.29, 1.82) is 0 Å².